The van der Waals surface area contributed by atoms with E-state index in [2.05, 4.69) is 25.2 Å². The highest BCUT2D eigenvalue weighted by molar-refractivity contribution is 8.00. The predicted molar refractivity (Wildman–Crippen MR) is 150 cm³/mol. The summed E-state index contributed by atoms with van der Waals surface area (Å²) < 4.78 is 47.9. The number of nitrogens with two attached hydrogens (primary N) is 1. The number of oxime groups is 1. The number of halogens is 3. The number of nitrogen functional groups attached to an aromatic ring is 1. The quantitative estimate of drug-likeness (QED) is 0.0718. The average molecular weight is 668 g/mol. The number of hydrogen-bond acceptors (Lipinski definition) is 14. The Morgan fingerprint density at radius 1 is 1.27 bits per heavy atom. The number of nitrogens with one attached hydrogen (secondary N) is 1. The lowest BCUT2D eigenvalue weighted by Crippen LogP contribution is -2.71. The number of thioether (sulfide) groups is 1. The molecule has 2 fully saturated rings. The second-order valence-electron chi connectivity index (χ2n) is 9.36. The number of alkyl halides is 3. The van der Waals surface area contributed by atoms with Crippen LogP contribution in [0, 0.1) is 0 Å². The fraction of sp³-hybridized carbons (Fsp3) is 0.280. The van der Waals surface area contributed by atoms with E-state index in [1.54, 1.807) is 12.1 Å². The molecule has 2 atom stereocenters. The Morgan fingerprint density at radius 3 is 2.62 bits per heavy atom. The highest BCUT2D eigenvalue weighted by Crippen LogP contribution is 2.42. The van der Waals surface area contributed by atoms with Crippen molar-refractivity contribution in [2.24, 2.45) is 5.16 Å². The van der Waals surface area contributed by atoms with Gasteiger partial charge >= 0.3 is 18.1 Å². The number of allylic oxidation sites excluding steroid dienone is 1. The highest BCUT2D eigenvalue weighted by atomic mass is 32.2. The van der Waals surface area contributed by atoms with Crippen LogP contribution in [0.5, 0.6) is 5.88 Å². The van der Waals surface area contributed by atoms with Gasteiger partial charge in [-0.1, -0.05) is 5.16 Å². The molecule has 0 bridgehead atoms. The van der Waals surface area contributed by atoms with E-state index in [1.165, 1.54) is 29.7 Å². The van der Waals surface area contributed by atoms with Gasteiger partial charge in [0.25, 0.3) is 17.7 Å². The number of ether oxygens (including phenoxy) is 2. The van der Waals surface area contributed by atoms with Crippen molar-refractivity contribution in [1.29, 1.82) is 0 Å². The Hall–Kier alpha value is -4.98. The molecule has 3 aliphatic rings. The van der Waals surface area contributed by atoms with E-state index in [-0.39, 0.29) is 40.7 Å². The number of thiazole rings is 1. The third kappa shape index (κ3) is 6.05. The van der Waals surface area contributed by atoms with Crippen LogP contribution in [-0.4, -0.2) is 92.4 Å². The SMILES string of the molecule is COc1ccc(N2CC/C(=C\C3=C(C(=O)OC(=O)C(F)(F)F)N4C(=O)[C@@H](NC(=O)/C(=N\O)c5csc(N)n5)[C@H]4SC3)C2=O)cn1. The molecule has 15 nitrogen and oxygen atoms in total. The van der Waals surface area contributed by atoms with Gasteiger partial charge in [-0.25, -0.2) is 19.6 Å². The monoisotopic (exact) mass is 667 g/mol. The molecule has 3 amide bonds. The topological polar surface area (TPSA) is 207 Å². The van der Waals surface area contributed by atoms with Gasteiger partial charge in [-0.2, -0.15) is 13.2 Å². The maximum Gasteiger partial charge on any atom is 0.491 e. The largest absolute Gasteiger partial charge is 0.491 e. The van der Waals surface area contributed by atoms with Gasteiger partial charge < -0.3 is 30.6 Å². The fourth-order valence-electron chi connectivity index (χ4n) is 4.61. The summed E-state index contributed by atoms with van der Waals surface area (Å²) in [4.78, 5) is 73.8. The third-order valence-corrected chi connectivity index (χ3v) is 8.66. The molecule has 5 heterocycles. The van der Waals surface area contributed by atoms with Crippen LogP contribution in [0.1, 0.15) is 12.1 Å². The number of fused-ring (bicyclic) bond motifs is 1. The van der Waals surface area contributed by atoms with Crippen molar-refractivity contribution >= 4 is 69.3 Å². The first-order chi connectivity index (χ1) is 21.3. The Balaban J connectivity index is 1.42. The molecule has 20 heteroatoms. The number of amides is 3. The number of carbonyl (C=O) groups is 5. The van der Waals surface area contributed by atoms with Crippen LogP contribution in [0.15, 0.2) is 51.8 Å². The van der Waals surface area contributed by atoms with Crippen LogP contribution in [0.4, 0.5) is 24.0 Å². The molecule has 0 aromatic carbocycles. The van der Waals surface area contributed by atoms with Crippen LogP contribution < -0.4 is 20.7 Å². The first-order valence-electron chi connectivity index (χ1n) is 12.6. The number of nitrogens with zero attached hydrogens (tertiary/aromatic N) is 5. The molecule has 0 unspecified atom stereocenters. The van der Waals surface area contributed by atoms with E-state index < -0.39 is 58.7 Å². The van der Waals surface area contributed by atoms with Gasteiger partial charge in [0.2, 0.25) is 5.88 Å². The number of anilines is 2. The second kappa shape index (κ2) is 12.2. The molecule has 2 aromatic heterocycles. The van der Waals surface area contributed by atoms with Crippen molar-refractivity contribution in [1.82, 2.24) is 20.2 Å². The Morgan fingerprint density at radius 2 is 2.02 bits per heavy atom. The minimum Gasteiger partial charge on any atom is -0.481 e. The first-order valence-corrected chi connectivity index (χ1v) is 14.5. The van der Waals surface area contributed by atoms with Gasteiger partial charge in [0, 0.05) is 29.3 Å². The van der Waals surface area contributed by atoms with Gasteiger partial charge in [0.05, 0.1) is 19.0 Å². The van der Waals surface area contributed by atoms with Crippen LogP contribution in [0.25, 0.3) is 0 Å². The van der Waals surface area contributed by atoms with Gasteiger partial charge in [0.15, 0.2) is 10.8 Å². The molecule has 4 N–H and O–H groups in total. The van der Waals surface area contributed by atoms with Crippen molar-refractivity contribution in [2.45, 2.75) is 24.0 Å². The molecule has 0 saturated carbocycles. The highest BCUT2D eigenvalue weighted by Gasteiger charge is 2.55. The molecule has 0 spiro atoms. The maximum absolute atomic E-state index is 13.2. The molecule has 3 aliphatic heterocycles. The lowest BCUT2D eigenvalue weighted by molar-refractivity contribution is -0.201. The number of β-lactam (4-membered cyclic amide) rings is 1. The molecule has 2 aromatic rings. The lowest BCUT2D eigenvalue weighted by Gasteiger charge is -2.49. The number of methoxy groups -OCH3 is 1. The van der Waals surface area contributed by atoms with E-state index >= 15 is 0 Å². The van der Waals surface area contributed by atoms with Gasteiger partial charge in [-0.3, -0.25) is 19.3 Å². The summed E-state index contributed by atoms with van der Waals surface area (Å²) in [6, 6.07) is 1.82. The van der Waals surface area contributed by atoms with Gasteiger partial charge in [-0.15, -0.1) is 23.1 Å². The number of hydrogen-bond donors (Lipinski definition) is 3. The van der Waals surface area contributed by atoms with Crippen LogP contribution >= 0.6 is 23.1 Å². The molecular weight excluding hydrogens is 647 g/mol. The van der Waals surface area contributed by atoms with E-state index in [0.29, 0.717) is 11.6 Å². The van der Waals surface area contributed by atoms with Crippen molar-refractivity contribution < 1.29 is 51.8 Å². The van der Waals surface area contributed by atoms with Crippen LogP contribution in [0.3, 0.4) is 0 Å². The fourth-order valence-corrected chi connectivity index (χ4v) is 6.46. The van der Waals surface area contributed by atoms with Crippen LogP contribution in [0.2, 0.25) is 0 Å². The number of rotatable bonds is 7. The zero-order valence-corrected chi connectivity index (χ0v) is 24.4. The molecule has 45 heavy (non-hydrogen) atoms. The van der Waals surface area contributed by atoms with E-state index in [4.69, 9.17) is 10.5 Å². The number of aromatic nitrogens is 2. The minimum absolute atomic E-state index is 0.0528. The third-order valence-electron chi connectivity index (χ3n) is 6.69. The van der Waals surface area contributed by atoms with Crippen LogP contribution in [-0.2, 0) is 28.7 Å². The van der Waals surface area contributed by atoms with E-state index in [0.717, 1.165) is 28.0 Å². The van der Waals surface area contributed by atoms with E-state index in [1.807, 2.05) is 0 Å². The summed E-state index contributed by atoms with van der Waals surface area (Å²) in [6.07, 6.45) is -2.67. The Labute approximate surface area is 258 Å². The summed E-state index contributed by atoms with van der Waals surface area (Å²) >= 11 is 1.97. The average Bonchev–Trinajstić information content (AvgIpc) is 3.60. The zero-order chi connectivity index (χ0) is 32.6. The normalized spacial score (nSPS) is 21.1. The van der Waals surface area contributed by atoms with Crippen molar-refractivity contribution in [3.05, 3.63) is 52.3 Å². The standard InChI is InChI=1S/C25H20F3N7O8S2/c1-42-14-3-2-12(7-30-14)34-5-4-10(19(34)37)6-11-8-44-21-16(32-18(36)15(33-41)13-9-45-24(29)31-13)20(38)35(21)17(11)22(39)43-23(40)25(26,27)28/h2-3,6-7,9,16,21,41H,4-5,8H2,1H3,(H2,29,31)(H,32,36)/b10-6+,33-15-/t16-,21-/m1/s1. The first kappa shape index (κ1) is 31.4. The van der Waals surface area contributed by atoms with Crippen molar-refractivity contribution in [2.75, 3.05) is 30.0 Å². The molecular formula is C25H20F3N7O8S2. The summed E-state index contributed by atoms with van der Waals surface area (Å²) in [5.74, 6) is -6.85. The molecule has 236 valence electrons. The molecule has 0 radical (unpaired) electrons. The van der Waals surface area contributed by atoms with Gasteiger partial charge in [-0.05, 0) is 24.1 Å². The smallest absolute Gasteiger partial charge is 0.481 e. The Bertz CT molecular complexity index is 1690. The Kier molecular flexibility index (Phi) is 8.52. The van der Waals surface area contributed by atoms with Gasteiger partial charge in [0.1, 0.15) is 22.8 Å². The zero-order valence-electron chi connectivity index (χ0n) is 22.7. The molecule has 2 saturated heterocycles. The molecule has 5 rings (SSSR count). The summed E-state index contributed by atoms with van der Waals surface area (Å²) in [7, 11) is 1.42. The maximum atomic E-state index is 13.2. The molecule has 0 aliphatic carbocycles. The van der Waals surface area contributed by atoms with E-state index in [9.17, 15) is 42.4 Å². The predicted octanol–water partition coefficient (Wildman–Crippen LogP) is 0.957. The number of carbonyl (C=O) groups excluding carboxylic acids is 5. The van der Waals surface area contributed by atoms with Crippen molar-refractivity contribution in [3.8, 4) is 5.88 Å². The summed E-state index contributed by atoms with van der Waals surface area (Å²) in [6.45, 7) is 0.212. The van der Waals surface area contributed by atoms with Crippen molar-refractivity contribution in [3.63, 3.8) is 0 Å². The summed E-state index contributed by atoms with van der Waals surface area (Å²) in [5.41, 5.74) is 4.75. The number of pyridine rings is 1. The number of esters is 2. The minimum atomic E-state index is -5.51. The summed E-state index contributed by atoms with van der Waals surface area (Å²) in [5, 5.41) is 15.0. The second-order valence-corrected chi connectivity index (χ2v) is 11.4. The lowest BCUT2D eigenvalue weighted by atomic mass is 10.0.